The zero-order valence-electron chi connectivity index (χ0n) is 8.72. The molecule has 0 aliphatic carbocycles. The van der Waals surface area contributed by atoms with Gasteiger partial charge < -0.3 is 0 Å². The van der Waals surface area contributed by atoms with Crippen molar-refractivity contribution in [3.8, 4) is 6.07 Å². The molecular formula is C12H8ClNOS2. The maximum Gasteiger partial charge on any atom is 0.110 e. The highest BCUT2D eigenvalue weighted by molar-refractivity contribution is 7.84. The smallest absolute Gasteiger partial charge is 0.110 e. The Balaban J connectivity index is 2.18. The molecule has 1 aromatic carbocycles. The Kier molecular flexibility index (Phi) is 3.95. The van der Waals surface area contributed by atoms with Gasteiger partial charge in [0, 0.05) is 9.92 Å². The molecule has 0 radical (unpaired) electrons. The number of nitriles is 1. The number of halogens is 1. The van der Waals surface area contributed by atoms with Gasteiger partial charge in [0.1, 0.15) is 10.9 Å². The molecule has 1 aromatic heterocycles. The van der Waals surface area contributed by atoms with Crippen LogP contribution in [0.2, 0.25) is 5.02 Å². The lowest BCUT2D eigenvalue weighted by Gasteiger charge is -2.01. The van der Waals surface area contributed by atoms with E-state index in [-0.39, 0.29) is 0 Å². The molecule has 0 spiro atoms. The fraction of sp³-hybridized carbons (Fsp3) is 0.0833. The topological polar surface area (TPSA) is 40.9 Å². The number of benzene rings is 1. The summed E-state index contributed by atoms with van der Waals surface area (Å²) in [4.78, 5) is 1.36. The highest BCUT2D eigenvalue weighted by Gasteiger charge is 2.09. The van der Waals surface area contributed by atoms with Gasteiger partial charge in [0.05, 0.1) is 16.6 Å². The van der Waals surface area contributed by atoms with Gasteiger partial charge >= 0.3 is 0 Å². The van der Waals surface area contributed by atoms with Crippen molar-refractivity contribution < 1.29 is 4.21 Å². The molecule has 0 aliphatic heterocycles. The first-order chi connectivity index (χ1) is 8.20. The highest BCUT2D eigenvalue weighted by Crippen LogP contribution is 2.20. The molecule has 0 bridgehead atoms. The number of rotatable bonds is 3. The van der Waals surface area contributed by atoms with Crippen LogP contribution in [0.25, 0.3) is 0 Å². The number of hydrogen-bond donors (Lipinski definition) is 0. The standard InChI is InChI=1S/C12H8ClNOS2/c13-10-1-3-11(4-2-10)17(15)8-9-5-6-16-12(9)7-14/h1-6H,8H2. The maximum atomic E-state index is 12.1. The van der Waals surface area contributed by atoms with Crippen LogP contribution in [-0.2, 0) is 16.6 Å². The molecule has 1 unspecified atom stereocenters. The normalized spacial score (nSPS) is 12.0. The van der Waals surface area contributed by atoms with Crippen LogP contribution < -0.4 is 0 Å². The van der Waals surface area contributed by atoms with E-state index in [2.05, 4.69) is 6.07 Å². The second kappa shape index (κ2) is 5.46. The third-order valence-corrected chi connectivity index (χ3v) is 4.70. The minimum Gasteiger partial charge on any atom is -0.254 e. The summed E-state index contributed by atoms with van der Waals surface area (Å²) in [6.45, 7) is 0. The molecule has 0 amide bonds. The minimum absolute atomic E-state index is 0.369. The van der Waals surface area contributed by atoms with E-state index in [1.54, 1.807) is 24.3 Å². The number of thiophene rings is 1. The maximum absolute atomic E-state index is 12.1. The lowest BCUT2D eigenvalue weighted by molar-refractivity contribution is 0.682. The predicted molar refractivity (Wildman–Crippen MR) is 70.6 cm³/mol. The molecule has 5 heteroatoms. The van der Waals surface area contributed by atoms with E-state index >= 15 is 0 Å². The first-order valence-corrected chi connectivity index (χ1v) is 7.39. The SMILES string of the molecule is N#Cc1sccc1CS(=O)c1ccc(Cl)cc1. The van der Waals surface area contributed by atoms with Crippen LogP contribution in [-0.4, -0.2) is 4.21 Å². The van der Waals surface area contributed by atoms with E-state index in [0.717, 1.165) is 10.5 Å². The van der Waals surface area contributed by atoms with Crippen LogP contribution in [0.15, 0.2) is 40.6 Å². The van der Waals surface area contributed by atoms with Gasteiger partial charge in [-0.2, -0.15) is 5.26 Å². The fourth-order valence-electron chi connectivity index (χ4n) is 1.36. The van der Waals surface area contributed by atoms with Crippen molar-refractivity contribution >= 4 is 33.7 Å². The Morgan fingerprint density at radius 1 is 1.29 bits per heavy atom. The summed E-state index contributed by atoms with van der Waals surface area (Å²) in [5.74, 6) is 0.369. The summed E-state index contributed by atoms with van der Waals surface area (Å²) in [6, 6.07) is 10.9. The Morgan fingerprint density at radius 2 is 2.00 bits per heavy atom. The van der Waals surface area contributed by atoms with Gasteiger partial charge in [-0.25, -0.2) is 0 Å². The average molecular weight is 282 g/mol. The van der Waals surface area contributed by atoms with E-state index in [9.17, 15) is 4.21 Å². The molecule has 0 aliphatic rings. The number of nitrogens with zero attached hydrogens (tertiary/aromatic N) is 1. The van der Waals surface area contributed by atoms with Crippen LogP contribution in [0.5, 0.6) is 0 Å². The van der Waals surface area contributed by atoms with Gasteiger partial charge in [-0.3, -0.25) is 4.21 Å². The van der Waals surface area contributed by atoms with Gasteiger partial charge in [0.2, 0.25) is 0 Å². The Bertz CT molecular complexity index is 583. The summed E-state index contributed by atoms with van der Waals surface area (Å²) in [5, 5.41) is 11.3. The van der Waals surface area contributed by atoms with Gasteiger partial charge in [-0.15, -0.1) is 11.3 Å². The summed E-state index contributed by atoms with van der Waals surface area (Å²) >= 11 is 7.14. The molecule has 0 saturated carbocycles. The summed E-state index contributed by atoms with van der Waals surface area (Å²) < 4.78 is 12.1. The minimum atomic E-state index is -1.14. The first-order valence-electron chi connectivity index (χ1n) is 4.81. The Morgan fingerprint density at radius 3 is 2.65 bits per heavy atom. The first kappa shape index (κ1) is 12.3. The molecule has 1 heterocycles. The Hall–Kier alpha value is -1.15. The van der Waals surface area contributed by atoms with E-state index in [1.165, 1.54) is 11.3 Å². The van der Waals surface area contributed by atoms with Crippen LogP contribution in [0.3, 0.4) is 0 Å². The monoisotopic (exact) mass is 281 g/mol. The molecule has 0 fully saturated rings. The van der Waals surface area contributed by atoms with E-state index in [1.807, 2.05) is 11.4 Å². The van der Waals surface area contributed by atoms with Crippen molar-refractivity contribution in [1.29, 1.82) is 5.26 Å². The van der Waals surface area contributed by atoms with Crippen molar-refractivity contribution in [3.63, 3.8) is 0 Å². The summed E-state index contributed by atoms with van der Waals surface area (Å²) in [5.41, 5.74) is 0.839. The molecule has 2 aromatic rings. The third kappa shape index (κ3) is 2.95. The lowest BCUT2D eigenvalue weighted by atomic mass is 10.3. The van der Waals surface area contributed by atoms with Crippen LogP contribution >= 0.6 is 22.9 Å². The Labute approximate surface area is 111 Å². The van der Waals surface area contributed by atoms with Gasteiger partial charge in [-0.05, 0) is 41.3 Å². The molecule has 86 valence electrons. The van der Waals surface area contributed by atoms with Gasteiger partial charge in [0.15, 0.2) is 0 Å². The lowest BCUT2D eigenvalue weighted by Crippen LogP contribution is -1.96. The molecule has 0 N–H and O–H groups in total. The van der Waals surface area contributed by atoms with Crippen molar-refractivity contribution in [3.05, 3.63) is 51.2 Å². The molecule has 2 rings (SSSR count). The molecule has 1 atom stereocenters. The van der Waals surface area contributed by atoms with E-state index < -0.39 is 10.8 Å². The van der Waals surface area contributed by atoms with E-state index in [4.69, 9.17) is 16.9 Å². The number of hydrogen-bond acceptors (Lipinski definition) is 3. The van der Waals surface area contributed by atoms with Crippen LogP contribution in [0, 0.1) is 11.3 Å². The zero-order valence-corrected chi connectivity index (χ0v) is 11.1. The van der Waals surface area contributed by atoms with Crippen molar-refractivity contribution in [1.82, 2.24) is 0 Å². The van der Waals surface area contributed by atoms with Gasteiger partial charge in [0.25, 0.3) is 0 Å². The second-order valence-corrected chi connectivity index (χ2v) is 6.13. The zero-order chi connectivity index (χ0) is 12.3. The summed E-state index contributed by atoms with van der Waals surface area (Å²) in [7, 11) is -1.14. The van der Waals surface area contributed by atoms with Crippen molar-refractivity contribution in [2.24, 2.45) is 0 Å². The highest BCUT2D eigenvalue weighted by atomic mass is 35.5. The third-order valence-electron chi connectivity index (χ3n) is 2.21. The predicted octanol–water partition coefficient (Wildman–Crippen LogP) is 3.58. The van der Waals surface area contributed by atoms with Crippen LogP contribution in [0.1, 0.15) is 10.4 Å². The molecule has 0 saturated heterocycles. The van der Waals surface area contributed by atoms with E-state index in [0.29, 0.717) is 15.7 Å². The molecule has 17 heavy (non-hydrogen) atoms. The van der Waals surface area contributed by atoms with Gasteiger partial charge in [-0.1, -0.05) is 11.6 Å². The van der Waals surface area contributed by atoms with Crippen molar-refractivity contribution in [2.45, 2.75) is 10.6 Å². The molecule has 2 nitrogen and oxygen atoms in total. The second-order valence-electron chi connectivity index (χ2n) is 3.33. The average Bonchev–Trinajstić information content (AvgIpc) is 2.77. The quantitative estimate of drug-likeness (QED) is 0.863. The summed E-state index contributed by atoms with van der Waals surface area (Å²) in [6.07, 6.45) is 0. The fourth-order valence-corrected chi connectivity index (χ4v) is 3.42. The van der Waals surface area contributed by atoms with Crippen LogP contribution in [0.4, 0.5) is 0 Å². The largest absolute Gasteiger partial charge is 0.254 e. The molecular weight excluding hydrogens is 274 g/mol. The van der Waals surface area contributed by atoms with Crippen molar-refractivity contribution in [2.75, 3.05) is 0 Å².